The van der Waals surface area contributed by atoms with Gasteiger partial charge in [0.15, 0.2) is 0 Å². The number of carbonyl (C=O) groups is 1. The standard InChI is InChI=1S/C18H13BrN2O/c19-14-7-8-16-15(12-14)17(10-11-20-16)21-18(22)9-6-13-4-2-1-3-5-13/h1-12H,(H,20,21,22)/b9-6+. The molecule has 0 bridgehead atoms. The van der Waals surface area contributed by atoms with Crippen molar-refractivity contribution in [2.45, 2.75) is 0 Å². The van der Waals surface area contributed by atoms with Crippen molar-refractivity contribution in [1.29, 1.82) is 0 Å². The minimum Gasteiger partial charge on any atom is -0.322 e. The number of fused-ring (bicyclic) bond motifs is 1. The van der Waals surface area contributed by atoms with Crippen LogP contribution in [-0.2, 0) is 4.79 Å². The normalized spacial score (nSPS) is 11.0. The third-order valence-electron chi connectivity index (χ3n) is 3.19. The first-order chi connectivity index (χ1) is 10.7. The Morgan fingerprint density at radius 2 is 1.91 bits per heavy atom. The van der Waals surface area contributed by atoms with Crippen molar-refractivity contribution in [3.63, 3.8) is 0 Å². The third kappa shape index (κ3) is 3.40. The number of pyridine rings is 1. The van der Waals surface area contributed by atoms with Crippen molar-refractivity contribution in [3.8, 4) is 0 Å². The number of benzene rings is 2. The van der Waals surface area contributed by atoms with Crippen LogP contribution in [0.3, 0.4) is 0 Å². The number of rotatable bonds is 3. The molecule has 0 aliphatic rings. The molecule has 1 amide bonds. The summed E-state index contributed by atoms with van der Waals surface area (Å²) in [5.74, 6) is -0.170. The molecule has 4 heteroatoms. The number of hydrogen-bond donors (Lipinski definition) is 1. The second kappa shape index (κ2) is 6.54. The lowest BCUT2D eigenvalue weighted by atomic mass is 10.2. The van der Waals surface area contributed by atoms with Crippen LogP contribution in [0.4, 0.5) is 5.69 Å². The van der Waals surface area contributed by atoms with E-state index in [9.17, 15) is 4.79 Å². The van der Waals surface area contributed by atoms with E-state index in [4.69, 9.17) is 0 Å². The molecule has 1 N–H and O–H groups in total. The molecule has 22 heavy (non-hydrogen) atoms. The summed E-state index contributed by atoms with van der Waals surface area (Å²) < 4.78 is 0.948. The molecule has 1 aromatic heterocycles. The monoisotopic (exact) mass is 352 g/mol. The van der Waals surface area contributed by atoms with E-state index in [1.54, 1.807) is 18.3 Å². The van der Waals surface area contributed by atoms with Crippen molar-refractivity contribution in [3.05, 3.63) is 76.9 Å². The van der Waals surface area contributed by atoms with Gasteiger partial charge in [-0.2, -0.15) is 0 Å². The van der Waals surface area contributed by atoms with Gasteiger partial charge in [0.05, 0.1) is 11.2 Å². The van der Waals surface area contributed by atoms with E-state index >= 15 is 0 Å². The van der Waals surface area contributed by atoms with E-state index in [0.717, 1.165) is 26.6 Å². The molecule has 2 aromatic carbocycles. The van der Waals surface area contributed by atoms with Gasteiger partial charge < -0.3 is 5.32 Å². The van der Waals surface area contributed by atoms with E-state index < -0.39 is 0 Å². The Balaban J connectivity index is 1.82. The van der Waals surface area contributed by atoms with Gasteiger partial charge in [0.2, 0.25) is 5.91 Å². The number of amides is 1. The molecule has 1 heterocycles. The summed E-state index contributed by atoms with van der Waals surface area (Å²) in [6, 6.07) is 17.3. The maximum atomic E-state index is 12.1. The minimum absolute atomic E-state index is 0.170. The van der Waals surface area contributed by atoms with Crippen LogP contribution >= 0.6 is 15.9 Å². The average molecular weight is 353 g/mol. The molecule has 108 valence electrons. The lowest BCUT2D eigenvalue weighted by Crippen LogP contribution is -2.08. The Labute approximate surface area is 136 Å². The van der Waals surface area contributed by atoms with Crippen molar-refractivity contribution in [2.24, 2.45) is 0 Å². The summed E-state index contributed by atoms with van der Waals surface area (Å²) in [6.07, 6.45) is 5.00. The van der Waals surface area contributed by atoms with Crippen LogP contribution in [0.15, 0.2) is 71.3 Å². The Hall–Kier alpha value is -2.46. The number of carbonyl (C=O) groups excluding carboxylic acids is 1. The van der Waals surface area contributed by atoms with Crippen LogP contribution in [0.1, 0.15) is 5.56 Å². The smallest absolute Gasteiger partial charge is 0.248 e. The molecule has 0 spiro atoms. The predicted octanol–water partition coefficient (Wildman–Crippen LogP) is 4.65. The molecule has 3 nitrogen and oxygen atoms in total. The zero-order valence-corrected chi connectivity index (χ0v) is 13.2. The van der Waals surface area contributed by atoms with Crippen molar-refractivity contribution in [2.75, 3.05) is 5.32 Å². The molecule has 0 aliphatic carbocycles. The maximum absolute atomic E-state index is 12.1. The Kier molecular flexibility index (Phi) is 4.30. The summed E-state index contributed by atoms with van der Waals surface area (Å²) in [5, 5.41) is 3.80. The van der Waals surface area contributed by atoms with Crippen LogP contribution in [0.5, 0.6) is 0 Å². The highest BCUT2D eigenvalue weighted by Crippen LogP contribution is 2.25. The van der Waals surface area contributed by atoms with Crippen molar-refractivity contribution < 1.29 is 4.79 Å². The molecular weight excluding hydrogens is 340 g/mol. The third-order valence-corrected chi connectivity index (χ3v) is 3.68. The summed E-state index contributed by atoms with van der Waals surface area (Å²) in [4.78, 5) is 16.4. The van der Waals surface area contributed by atoms with Crippen molar-refractivity contribution >= 4 is 44.5 Å². The molecular formula is C18H13BrN2O. The van der Waals surface area contributed by atoms with Crippen LogP contribution in [0.2, 0.25) is 0 Å². The highest BCUT2D eigenvalue weighted by molar-refractivity contribution is 9.10. The first-order valence-electron chi connectivity index (χ1n) is 6.81. The molecule has 0 unspecified atom stereocenters. The molecule has 3 aromatic rings. The fourth-order valence-electron chi connectivity index (χ4n) is 2.14. The molecule has 0 aliphatic heterocycles. The molecule has 0 saturated heterocycles. The summed E-state index contributed by atoms with van der Waals surface area (Å²) >= 11 is 3.44. The topological polar surface area (TPSA) is 42.0 Å². The Morgan fingerprint density at radius 3 is 2.73 bits per heavy atom. The summed E-state index contributed by atoms with van der Waals surface area (Å²) in [5.41, 5.74) is 2.57. The lowest BCUT2D eigenvalue weighted by Gasteiger charge is -2.06. The van der Waals surface area contributed by atoms with Crippen LogP contribution in [0, 0.1) is 0 Å². The number of aromatic nitrogens is 1. The molecule has 0 fully saturated rings. The Morgan fingerprint density at radius 1 is 1.09 bits per heavy atom. The zero-order valence-electron chi connectivity index (χ0n) is 11.7. The van der Waals surface area contributed by atoms with Gasteiger partial charge in [0.25, 0.3) is 0 Å². The fourth-order valence-corrected chi connectivity index (χ4v) is 2.50. The first-order valence-corrected chi connectivity index (χ1v) is 7.60. The highest BCUT2D eigenvalue weighted by atomic mass is 79.9. The molecule has 0 atom stereocenters. The van der Waals surface area contributed by atoms with Crippen LogP contribution < -0.4 is 5.32 Å². The van der Waals surface area contributed by atoms with Gasteiger partial charge in [-0.1, -0.05) is 46.3 Å². The van der Waals surface area contributed by atoms with Crippen molar-refractivity contribution in [1.82, 2.24) is 4.98 Å². The number of halogens is 1. The second-order valence-corrected chi connectivity index (χ2v) is 5.67. The first kappa shape index (κ1) is 14.5. The van der Waals surface area contributed by atoms with Gasteiger partial charge in [0, 0.05) is 22.1 Å². The largest absolute Gasteiger partial charge is 0.322 e. The van der Waals surface area contributed by atoms with Crippen LogP contribution in [0.25, 0.3) is 17.0 Å². The van der Waals surface area contributed by atoms with E-state index in [0.29, 0.717) is 0 Å². The quantitative estimate of drug-likeness (QED) is 0.697. The summed E-state index contributed by atoms with van der Waals surface area (Å²) in [6.45, 7) is 0. The van der Waals surface area contributed by atoms with Gasteiger partial charge in [-0.25, -0.2) is 0 Å². The number of hydrogen-bond acceptors (Lipinski definition) is 2. The predicted molar refractivity (Wildman–Crippen MR) is 93.5 cm³/mol. The van der Waals surface area contributed by atoms with E-state index in [1.165, 1.54) is 6.08 Å². The zero-order chi connectivity index (χ0) is 15.4. The minimum atomic E-state index is -0.170. The molecule has 0 saturated carbocycles. The van der Waals surface area contributed by atoms with Gasteiger partial charge >= 0.3 is 0 Å². The molecule has 0 radical (unpaired) electrons. The van der Waals surface area contributed by atoms with Gasteiger partial charge in [-0.3, -0.25) is 9.78 Å². The lowest BCUT2D eigenvalue weighted by molar-refractivity contribution is -0.111. The van der Waals surface area contributed by atoms with Gasteiger partial charge in [-0.15, -0.1) is 0 Å². The number of anilines is 1. The number of nitrogens with one attached hydrogen (secondary N) is 1. The van der Waals surface area contributed by atoms with E-state index in [-0.39, 0.29) is 5.91 Å². The maximum Gasteiger partial charge on any atom is 0.248 e. The fraction of sp³-hybridized carbons (Fsp3) is 0. The highest BCUT2D eigenvalue weighted by Gasteiger charge is 2.04. The molecule has 3 rings (SSSR count). The van der Waals surface area contributed by atoms with E-state index in [2.05, 4.69) is 26.2 Å². The van der Waals surface area contributed by atoms with Gasteiger partial charge in [-0.05, 0) is 35.9 Å². The SMILES string of the molecule is O=C(/C=C/c1ccccc1)Nc1ccnc2ccc(Br)cc12. The van der Waals surface area contributed by atoms with E-state index in [1.807, 2.05) is 48.5 Å². The van der Waals surface area contributed by atoms with Gasteiger partial charge in [0.1, 0.15) is 0 Å². The number of nitrogens with zero attached hydrogens (tertiary/aromatic N) is 1. The Bertz CT molecular complexity index is 844. The van der Waals surface area contributed by atoms with Crippen LogP contribution in [-0.4, -0.2) is 10.9 Å². The second-order valence-electron chi connectivity index (χ2n) is 4.75. The summed E-state index contributed by atoms with van der Waals surface area (Å²) in [7, 11) is 0. The average Bonchev–Trinajstić information content (AvgIpc) is 2.54.